The minimum absolute atomic E-state index is 0.102. The lowest BCUT2D eigenvalue weighted by molar-refractivity contribution is -0.132. The number of allylic oxidation sites excluding steroid dienone is 2. The lowest BCUT2D eigenvalue weighted by Gasteiger charge is -2.26. The fourth-order valence-electron chi connectivity index (χ4n) is 5.62. The van der Waals surface area contributed by atoms with Crippen LogP contribution in [0.25, 0.3) is 0 Å². The van der Waals surface area contributed by atoms with Crippen molar-refractivity contribution in [3.8, 4) is 11.8 Å². The van der Waals surface area contributed by atoms with Gasteiger partial charge in [-0.1, -0.05) is 30.7 Å². The van der Waals surface area contributed by atoms with E-state index in [1.807, 2.05) is 24.8 Å². The van der Waals surface area contributed by atoms with Crippen molar-refractivity contribution in [1.29, 1.82) is 0 Å². The topological polar surface area (TPSA) is 60.8 Å². The van der Waals surface area contributed by atoms with Crippen molar-refractivity contribution in [3.05, 3.63) is 23.8 Å². The summed E-state index contributed by atoms with van der Waals surface area (Å²) in [4.78, 5) is 14.3. The summed E-state index contributed by atoms with van der Waals surface area (Å²) >= 11 is 0. The van der Waals surface area contributed by atoms with Gasteiger partial charge in [0.15, 0.2) is 0 Å². The number of hydrogen-bond acceptors (Lipinski definition) is 3. The maximum Gasteiger partial charge on any atom is 0.222 e. The summed E-state index contributed by atoms with van der Waals surface area (Å²) in [5.74, 6) is 7.51. The van der Waals surface area contributed by atoms with Crippen molar-refractivity contribution in [2.45, 2.75) is 90.3 Å². The van der Waals surface area contributed by atoms with Crippen molar-refractivity contribution in [2.75, 3.05) is 13.1 Å². The highest BCUT2D eigenvalue weighted by Crippen LogP contribution is 2.50. The maximum atomic E-state index is 12.3. The van der Waals surface area contributed by atoms with E-state index in [2.05, 4.69) is 24.0 Å². The fraction of sp³-hybridized carbons (Fsp3) is 0.741. The van der Waals surface area contributed by atoms with Gasteiger partial charge in [0.2, 0.25) is 5.91 Å². The van der Waals surface area contributed by atoms with Crippen LogP contribution in [0.1, 0.15) is 78.1 Å². The molecule has 0 aromatic heterocycles. The first-order chi connectivity index (χ1) is 15.0. The van der Waals surface area contributed by atoms with Gasteiger partial charge in [-0.25, -0.2) is 0 Å². The maximum absolute atomic E-state index is 12.3. The van der Waals surface area contributed by atoms with E-state index in [1.165, 1.54) is 12.0 Å². The van der Waals surface area contributed by atoms with Gasteiger partial charge < -0.3 is 15.1 Å². The second-order valence-electron chi connectivity index (χ2n) is 9.89. The Balaban J connectivity index is 1.45. The molecule has 0 radical (unpaired) electrons. The number of unbranched alkanes of at least 4 members (excludes halogenated alkanes) is 1. The molecule has 2 saturated carbocycles. The summed E-state index contributed by atoms with van der Waals surface area (Å²) in [6.45, 7) is 5.72. The van der Waals surface area contributed by atoms with Gasteiger partial charge in [-0.2, -0.15) is 0 Å². The summed E-state index contributed by atoms with van der Waals surface area (Å²) in [6.07, 6.45) is 15.3. The number of aliphatic hydroxyl groups is 2. The molecule has 4 heteroatoms. The quantitative estimate of drug-likeness (QED) is 0.341. The molecular weight excluding hydrogens is 386 g/mol. The number of hydrogen-bond donors (Lipinski definition) is 2. The predicted molar refractivity (Wildman–Crippen MR) is 125 cm³/mol. The van der Waals surface area contributed by atoms with Crippen LogP contribution in [0.2, 0.25) is 0 Å². The Bertz CT molecular complexity index is 710. The van der Waals surface area contributed by atoms with Crippen LogP contribution in [0.5, 0.6) is 0 Å². The van der Waals surface area contributed by atoms with Gasteiger partial charge in [0.25, 0.3) is 0 Å². The summed E-state index contributed by atoms with van der Waals surface area (Å²) in [6, 6.07) is 0. The van der Waals surface area contributed by atoms with Gasteiger partial charge >= 0.3 is 0 Å². The molecule has 0 bridgehead atoms. The summed E-state index contributed by atoms with van der Waals surface area (Å²) in [5, 5.41) is 20.9. The predicted octanol–water partition coefficient (Wildman–Crippen LogP) is 4.47. The van der Waals surface area contributed by atoms with Crippen LogP contribution in [0.3, 0.4) is 0 Å². The van der Waals surface area contributed by atoms with Crippen molar-refractivity contribution in [3.63, 3.8) is 0 Å². The van der Waals surface area contributed by atoms with E-state index >= 15 is 0 Å². The Hall–Kier alpha value is -1.57. The zero-order valence-electron chi connectivity index (χ0n) is 19.4. The molecule has 172 valence electrons. The molecule has 1 heterocycles. The lowest BCUT2D eigenvalue weighted by Crippen LogP contribution is -2.35. The highest BCUT2D eigenvalue weighted by atomic mass is 16.3. The summed E-state index contributed by atoms with van der Waals surface area (Å²) < 4.78 is 0. The highest BCUT2D eigenvalue weighted by molar-refractivity contribution is 5.76. The van der Waals surface area contributed by atoms with Gasteiger partial charge in [0, 0.05) is 31.8 Å². The SMILES string of the molecule is CC#CC[C@@H](C)[C@@H](O)/C=C/[C@@H]1[C@H]2CC(=CCCCC(=O)N3CCCCC3)C[C@H]2C[C@H]1O. The zero-order chi connectivity index (χ0) is 22.2. The monoisotopic (exact) mass is 427 g/mol. The molecule has 2 N–H and O–H groups in total. The smallest absolute Gasteiger partial charge is 0.222 e. The second-order valence-corrected chi connectivity index (χ2v) is 9.89. The summed E-state index contributed by atoms with van der Waals surface area (Å²) in [7, 11) is 0. The number of fused-ring (bicyclic) bond motifs is 1. The fourth-order valence-corrected chi connectivity index (χ4v) is 5.62. The number of nitrogens with zero attached hydrogens (tertiary/aromatic N) is 1. The molecule has 4 nitrogen and oxygen atoms in total. The molecule has 0 spiro atoms. The average Bonchev–Trinajstić information content (AvgIpc) is 3.30. The van der Waals surface area contributed by atoms with Crippen LogP contribution in [-0.2, 0) is 4.79 Å². The first-order valence-corrected chi connectivity index (χ1v) is 12.4. The third-order valence-electron chi connectivity index (χ3n) is 7.56. The minimum atomic E-state index is -0.513. The van der Waals surface area contributed by atoms with Crippen molar-refractivity contribution < 1.29 is 15.0 Å². The molecule has 0 aromatic rings. The van der Waals surface area contributed by atoms with E-state index in [-0.39, 0.29) is 17.9 Å². The molecule has 3 fully saturated rings. The first-order valence-electron chi connectivity index (χ1n) is 12.4. The number of amides is 1. The Morgan fingerprint density at radius 2 is 2.03 bits per heavy atom. The number of carbonyl (C=O) groups excluding carboxylic acids is 1. The molecule has 0 unspecified atom stereocenters. The van der Waals surface area contributed by atoms with Crippen LogP contribution in [0, 0.1) is 35.5 Å². The normalized spacial score (nSPS) is 31.5. The van der Waals surface area contributed by atoms with Crippen LogP contribution >= 0.6 is 0 Å². The molecule has 31 heavy (non-hydrogen) atoms. The van der Waals surface area contributed by atoms with Gasteiger partial charge in [-0.15, -0.1) is 11.8 Å². The molecular formula is C27H41NO3. The van der Waals surface area contributed by atoms with Gasteiger partial charge in [0.1, 0.15) is 0 Å². The Morgan fingerprint density at radius 3 is 2.77 bits per heavy atom. The number of rotatable bonds is 8. The van der Waals surface area contributed by atoms with E-state index < -0.39 is 6.10 Å². The molecule has 2 aliphatic carbocycles. The molecule has 0 aromatic carbocycles. The molecule has 3 aliphatic rings. The van der Waals surface area contributed by atoms with Crippen molar-refractivity contribution in [2.24, 2.45) is 23.7 Å². The number of carbonyl (C=O) groups is 1. The Morgan fingerprint density at radius 1 is 1.26 bits per heavy atom. The Labute approximate surface area is 188 Å². The average molecular weight is 428 g/mol. The van der Waals surface area contributed by atoms with Crippen LogP contribution in [0.4, 0.5) is 0 Å². The van der Waals surface area contributed by atoms with Crippen molar-refractivity contribution in [1.82, 2.24) is 4.90 Å². The lowest BCUT2D eigenvalue weighted by atomic mass is 9.89. The van der Waals surface area contributed by atoms with Gasteiger partial charge in [0.05, 0.1) is 12.2 Å². The largest absolute Gasteiger partial charge is 0.392 e. The molecule has 1 saturated heterocycles. The van der Waals surface area contributed by atoms with Crippen LogP contribution in [0.15, 0.2) is 23.8 Å². The minimum Gasteiger partial charge on any atom is -0.392 e. The molecule has 3 rings (SSSR count). The van der Waals surface area contributed by atoms with E-state index in [1.54, 1.807) is 0 Å². The second kappa shape index (κ2) is 11.9. The standard InChI is InChI=1S/C27H41NO3/c1-3-4-10-20(2)25(29)14-13-23-24-18-21(17-22(24)19-26(23)30)11-6-7-12-27(31)28-15-8-5-9-16-28/h11,13-14,20,22-26,29-30H,5-10,12,15-19H2,1-2H3/b14-13+,21-11?/t20-,22+,23-,24+,25+,26-/m1/s1. The Kier molecular flexibility index (Phi) is 9.23. The molecule has 6 atom stereocenters. The van der Waals surface area contributed by atoms with Gasteiger partial charge in [-0.05, 0) is 76.0 Å². The van der Waals surface area contributed by atoms with E-state index in [4.69, 9.17) is 0 Å². The van der Waals surface area contributed by atoms with E-state index in [0.29, 0.717) is 30.6 Å². The number of aliphatic hydroxyl groups excluding tert-OH is 2. The van der Waals surface area contributed by atoms with Gasteiger partial charge in [-0.3, -0.25) is 4.79 Å². The van der Waals surface area contributed by atoms with Crippen LogP contribution in [-0.4, -0.2) is 46.3 Å². The summed E-state index contributed by atoms with van der Waals surface area (Å²) in [5.41, 5.74) is 1.50. The third-order valence-corrected chi connectivity index (χ3v) is 7.56. The van der Waals surface area contributed by atoms with Crippen LogP contribution < -0.4 is 0 Å². The molecule has 1 amide bonds. The third kappa shape index (κ3) is 6.70. The van der Waals surface area contributed by atoms with Crippen molar-refractivity contribution >= 4 is 5.91 Å². The zero-order valence-corrected chi connectivity index (χ0v) is 19.4. The number of likely N-dealkylation sites (tertiary alicyclic amines) is 1. The molecule has 1 aliphatic heterocycles. The van der Waals surface area contributed by atoms with E-state index in [0.717, 1.165) is 58.0 Å². The number of piperidine rings is 1. The highest BCUT2D eigenvalue weighted by Gasteiger charge is 2.45. The van der Waals surface area contributed by atoms with E-state index in [9.17, 15) is 15.0 Å². The first kappa shape index (κ1) is 24.1.